The molecule has 1 nitrogen and oxygen atoms in total. The smallest absolute Gasteiger partial charge is 0.0935 e. The van der Waals surface area contributed by atoms with Crippen LogP contribution in [0.2, 0.25) is 10.0 Å². The Hall–Kier alpha value is -1.02. The minimum Gasteiger partial charge on any atom is -0.385 e. The van der Waals surface area contributed by atoms with E-state index in [1.165, 1.54) is 0 Å². The molecule has 0 saturated heterocycles. The molecule has 0 spiro atoms. The fourth-order valence-electron chi connectivity index (χ4n) is 2.17. The van der Waals surface area contributed by atoms with E-state index in [9.17, 15) is 5.11 Å². The van der Waals surface area contributed by atoms with Crippen LogP contribution < -0.4 is 0 Å². The molecule has 1 atom stereocenters. The maximum atomic E-state index is 10.9. The SMILES string of the molecule is CCC(O)(Cc1c(Cl)cccc1Cl)c1ccccc1. The molecule has 3 heteroatoms. The predicted octanol–water partition coefficient (Wildman–Crippen LogP) is 4.83. The van der Waals surface area contributed by atoms with E-state index in [1.807, 2.05) is 43.3 Å². The maximum Gasteiger partial charge on any atom is 0.0935 e. The van der Waals surface area contributed by atoms with Gasteiger partial charge in [-0.2, -0.15) is 0 Å². The average Bonchev–Trinajstić information content (AvgIpc) is 2.44. The molecule has 2 aromatic carbocycles. The Morgan fingerprint density at radius 3 is 2.05 bits per heavy atom. The van der Waals surface area contributed by atoms with Gasteiger partial charge < -0.3 is 5.11 Å². The second kappa shape index (κ2) is 5.96. The van der Waals surface area contributed by atoms with Gasteiger partial charge in [-0.25, -0.2) is 0 Å². The molecule has 0 aliphatic rings. The van der Waals surface area contributed by atoms with Crippen LogP contribution in [-0.2, 0) is 12.0 Å². The molecule has 0 aliphatic heterocycles. The van der Waals surface area contributed by atoms with Crippen LogP contribution in [0.3, 0.4) is 0 Å². The van der Waals surface area contributed by atoms with Crippen molar-refractivity contribution in [2.24, 2.45) is 0 Å². The van der Waals surface area contributed by atoms with Gasteiger partial charge in [0, 0.05) is 16.5 Å². The highest BCUT2D eigenvalue weighted by Crippen LogP contribution is 2.34. The largest absolute Gasteiger partial charge is 0.385 e. The third-order valence-corrected chi connectivity index (χ3v) is 4.14. The third kappa shape index (κ3) is 3.11. The molecule has 0 saturated carbocycles. The second-order valence-corrected chi connectivity index (χ2v) is 5.44. The Morgan fingerprint density at radius 1 is 0.947 bits per heavy atom. The number of halogens is 2. The fourth-order valence-corrected chi connectivity index (χ4v) is 2.70. The normalized spacial score (nSPS) is 14.1. The van der Waals surface area contributed by atoms with Gasteiger partial charge in [-0.05, 0) is 29.7 Å². The Labute approximate surface area is 123 Å². The van der Waals surface area contributed by atoms with E-state index in [4.69, 9.17) is 23.2 Å². The van der Waals surface area contributed by atoms with Gasteiger partial charge in [0.1, 0.15) is 0 Å². The Kier molecular flexibility index (Phi) is 4.51. The van der Waals surface area contributed by atoms with Gasteiger partial charge in [0.15, 0.2) is 0 Å². The first kappa shape index (κ1) is 14.4. The van der Waals surface area contributed by atoms with Crippen LogP contribution in [-0.4, -0.2) is 5.11 Å². The number of aliphatic hydroxyl groups is 1. The van der Waals surface area contributed by atoms with E-state index in [1.54, 1.807) is 12.1 Å². The van der Waals surface area contributed by atoms with Gasteiger partial charge in [-0.1, -0.05) is 66.5 Å². The molecule has 2 rings (SSSR count). The van der Waals surface area contributed by atoms with Crippen molar-refractivity contribution >= 4 is 23.2 Å². The lowest BCUT2D eigenvalue weighted by Gasteiger charge is -2.28. The summed E-state index contributed by atoms with van der Waals surface area (Å²) in [5, 5.41) is 12.1. The van der Waals surface area contributed by atoms with Crippen LogP contribution in [0, 0.1) is 0 Å². The molecule has 0 bridgehead atoms. The van der Waals surface area contributed by atoms with E-state index in [-0.39, 0.29) is 0 Å². The molecule has 2 aromatic rings. The van der Waals surface area contributed by atoms with Crippen molar-refractivity contribution in [2.75, 3.05) is 0 Å². The topological polar surface area (TPSA) is 20.2 Å². The van der Waals surface area contributed by atoms with E-state index >= 15 is 0 Å². The summed E-state index contributed by atoms with van der Waals surface area (Å²) in [6.45, 7) is 1.96. The van der Waals surface area contributed by atoms with Crippen LogP contribution in [0.4, 0.5) is 0 Å². The summed E-state index contributed by atoms with van der Waals surface area (Å²) in [7, 11) is 0. The number of benzene rings is 2. The quantitative estimate of drug-likeness (QED) is 0.856. The van der Waals surface area contributed by atoms with Crippen molar-refractivity contribution < 1.29 is 5.11 Å². The van der Waals surface area contributed by atoms with Crippen LogP contribution >= 0.6 is 23.2 Å². The van der Waals surface area contributed by atoms with Crippen molar-refractivity contribution in [1.82, 2.24) is 0 Å². The standard InChI is InChI=1S/C16H16Cl2O/c1-2-16(19,12-7-4-3-5-8-12)11-13-14(17)9-6-10-15(13)18/h3-10,19H,2,11H2,1H3. The minimum absolute atomic E-state index is 0.409. The van der Waals surface area contributed by atoms with Crippen LogP contribution in [0.25, 0.3) is 0 Å². The Balaban J connectivity index is 2.39. The van der Waals surface area contributed by atoms with Crippen molar-refractivity contribution in [3.8, 4) is 0 Å². The molecule has 0 fully saturated rings. The summed E-state index contributed by atoms with van der Waals surface area (Å²) in [5.41, 5.74) is 0.725. The first-order chi connectivity index (χ1) is 9.07. The summed E-state index contributed by atoms with van der Waals surface area (Å²) >= 11 is 12.4. The molecule has 100 valence electrons. The molecule has 0 radical (unpaired) electrons. The lowest BCUT2D eigenvalue weighted by Crippen LogP contribution is -2.27. The zero-order valence-corrected chi connectivity index (χ0v) is 12.2. The van der Waals surface area contributed by atoms with Gasteiger partial charge in [0.05, 0.1) is 5.60 Å². The molecule has 1 N–H and O–H groups in total. The van der Waals surface area contributed by atoms with Crippen molar-refractivity contribution in [3.63, 3.8) is 0 Å². The first-order valence-corrected chi connectivity index (χ1v) is 7.03. The van der Waals surface area contributed by atoms with Crippen LogP contribution in [0.15, 0.2) is 48.5 Å². The predicted molar refractivity (Wildman–Crippen MR) is 80.8 cm³/mol. The fraction of sp³-hybridized carbons (Fsp3) is 0.250. The Morgan fingerprint density at radius 2 is 1.53 bits per heavy atom. The second-order valence-electron chi connectivity index (χ2n) is 4.63. The summed E-state index contributed by atoms with van der Waals surface area (Å²) in [6, 6.07) is 15.0. The van der Waals surface area contributed by atoms with Crippen molar-refractivity contribution in [2.45, 2.75) is 25.4 Å². The molecule has 19 heavy (non-hydrogen) atoms. The average molecular weight is 295 g/mol. The molecular formula is C16H16Cl2O. The van der Waals surface area contributed by atoms with Crippen LogP contribution in [0.1, 0.15) is 24.5 Å². The highest BCUT2D eigenvalue weighted by atomic mass is 35.5. The third-order valence-electron chi connectivity index (χ3n) is 3.43. The van der Waals surface area contributed by atoms with Gasteiger partial charge >= 0.3 is 0 Å². The Bertz CT molecular complexity index is 534. The van der Waals surface area contributed by atoms with Crippen molar-refractivity contribution in [3.05, 3.63) is 69.7 Å². The van der Waals surface area contributed by atoms with Crippen molar-refractivity contribution in [1.29, 1.82) is 0 Å². The van der Waals surface area contributed by atoms with E-state index in [2.05, 4.69) is 0 Å². The number of hydrogen-bond acceptors (Lipinski definition) is 1. The summed E-state index contributed by atoms with van der Waals surface area (Å²) in [5.74, 6) is 0. The zero-order valence-electron chi connectivity index (χ0n) is 10.7. The van der Waals surface area contributed by atoms with E-state index in [0.29, 0.717) is 22.9 Å². The molecule has 0 amide bonds. The van der Waals surface area contributed by atoms with Gasteiger partial charge in [0.25, 0.3) is 0 Å². The van der Waals surface area contributed by atoms with E-state index in [0.717, 1.165) is 11.1 Å². The van der Waals surface area contributed by atoms with Gasteiger partial charge in [0.2, 0.25) is 0 Å². The molecule has 0 aliphatic carbocycles. The molecule has 1 unspecified atom stereocenters. The highest BCUT2D eigenvalue weighted by molar-refractivity contribution is 6.36. The van der Waals surface area contributed by atoms with Gasteiger partial charge in [-0.3, -0.25) is 0 Å². The number of hydrogen-bond donors (Lipinski definition) is 1. The molecular weight excluding hydrogens is 279 g/mol. The van der Waals surface area contributed by atoms with Crippen LogP contribution in [0.5, 0.6) is 0 Å². The lowest BCUT2D eigenvalue weighted by atomic mass is 9.85. The summed E-state index contributed by atoms with van der Waals surface area (Å²) in [6.07, 6.45) is 1.00. The summed E-state index contributed by atoms with van der Waals surface area (Å²) < 4.78 is 0. The minimum atomic E-state index is -0.949. The summed E-state index contributed by atoms with van der Waals surface area (Å²) in [4.78, 5) is 0. The number of rotatable bonds is 4. The first-order valence-electron chi connectivity index (χ1n) is 6.27. The lowest BCUT2D eigenvalue weighted by molar-refractivity contribution is 0.0327. The monoisotopic (exact) mass is 294 g/mol. The molecule has 0 aromatic heterocycles. The highest BCUT2D eigenvalue weighted by Gasteiger charge is 2.29. The molecule has 0 heterocycles. The zero-order chi connectivity index (χ0) is 13.9. The van der Waals surface area contributed by atoms with Gasteiger partial charge in [-0.15, -0.1) is 0 Å². The maximum absolute atomic E-state index is 10.9. The van der Waals surface area contributed by atoms with E-state index < -0.39 is 5.60 Å².